The number of ether oxygens (including phenoxy) is 4. The number of carbonyl (C=O) groups excluding carboxylic acids is 4. The second-order valence-electron chi connectivity index (χ2n) is 13.3. The lowest BCUT2D eigenvalue weighted by Gasteiger charge is -2.22. The van der Waals surface area contributed by atoms with Gasteiger partial charge >= 0.3 is 6.09 Å². The number of benzene rings is 2. The van der Waals surface area contributed by atoms with Gasteiger partial charge in [-0.2, -0.15) is 5.10 Å². The number of ketones is 1. The summed E-state index contributed by atoms with van der Waals surface area (Å²) in [5.74, 6) is -0.0199. The van der Waals surface area contributed by atoms with Crippen molar-refractivity contribution in [3.8, 4) is 11.5 Å². The molecular formula is C36H46N4O8. The molecule has 0 bridgehead atoms. The third-order valence-electron chi connectivity index (χ3n) is 7.69. The number of rotatable bonds is 15. The van der Waals surface area contributed by atoms with Gasteiger partial charge in [0, 0.05) is 25.1 Å². The van der Waals surface area contributed by atoms with Gasteiger partial charge in [0.15, 0.2) is 12.1 Å². The number of carbonyl (C=O) groups is 4. The molecule has 2 aromatic carbocycles. The molecule has 48 heavy (non-hydrogen) atoms. The van der Waals surface area contributed by atoms with Crippen LogP contribution in [0.3, 0.4) is 0 Å². The van der Waals surface area contributed by atoms with Crippen molar-refractivity contribution in [2.75, 3.05) is 19.0 Å². The molecule has 3 aromatic rings. The van der Waals surface area contributed by atoms with E-state index in [2.05, 4.69) is 10.6 Å². The molecule has 1 fully saturated rings. The Hall–Kier alpha value is -4.71. The number of alkyl carbamates (subject to hydrolysis) is 1. The van der Waals surface area contributed by atoms with E-state index in [1.54, 1.807) is 23.9 Å². The first-order valence-corrected chi connectivity index (χ1v) is 16.2. The van der Waals surface area contributed by atoms with Crippen molar-refractivity contribution in [3.63, 3.8) is 0 Å². The van der Waals surface area contributed by atoms with Gasteiger partial charge in [0.2, 0.25) is 5.91 Å². The number of anilines is 1. The van der Waals surface area contributed by atoms with Crippen LogP contribution in [0.15, 0.2) is 48.5 Å². The van der Waals surface area contributed by atoms with Gasteiger partial charge in [0.05, 0.1) is 29.8 Å². The summed E-state index contributed by atoms with van der Waals surface area (Å²) in [5.41, 5.74) is 2.09. The van der Waals surface area contributed by atoms with Crippen molar-refractivity contribution in [1.29, 1.82) is 0 Å². The predicted octanol–water partition coefficient (Wildman–Crippen LogP) is 5.92. The average Bonchev–Trinajstić information content (AvgIpc) is 3.66. The van der Waals surface area contributed by atoms with E-state index in [-0.39, 0.29) is 42.6 Å². The summed E-state index contributed by atoms with van der Waals surface area (Å²) in [6.45, 7) is 9.69. The zero-order valence-electron chi connectivity index (χ0n) is 28.5. The molecule has 0 aliphatic heterocycles. The molecule has 0 unspecified atom stereocenters. The Balaban J connectivity index is 1.39. The van der Waals surface area contributed by atoms with E-state index >= 15 is 0 Å². The van der Waals surface area contributed by atoms with E-state index < -0.39 is 36.4 Å². The van der Waals surface area contributed by atoms with Gasteiger partial charge in [-0.15, -0.1) is 0 Å². The molecule has 1 aliphatic carbocycles. The summed E-state index contributed by atoms with van der Waals surface area (Å²) in [4.78, 5) is 50.1. The Morgan fingerprint density at radius 2 is 1.71 bits per heavy atom. The van der Waals surface area contributed by atoms with E-state index in [0.717, 1.165) is 24.1 Å². The maximum absolute atomic E-state index is 13.1. The summed E-state index contributed by atoms with van der Waals surface area (Å²) in [7, 11) is 1.54. The summed E-state index contributed by atoms with van der Waals surface area (Å²) in [6, 6.07) is 14.6. The molecule has 4 rings (SSSR count). The molecule has 1 heterocycles. The third kappa shape index (κ3) is 10.1. The molecule has 2 amide bonds. The molecule has 1 aromatic heterocycles. The molecule has 0 saturated heterocycles. The molecule has 0 spiro atoms. The van der Waals surface area contributed by atoms with Gasteiger partial charge in [0.25, 0.3) is 0 Å². The van der Waals surface area contributed by atoms with Crippen LogP contribution < -0.4 is 20.1 Å². The molecule has 1 saturated carbocycles. The van der Waals surface area contributed by atoms with Crippen molar-refractivity contribution < 1.29 is 38.1 Å². The van der Waals surface area contributed by atoms with Crippen LogP contribution in [0.4, 0.5) is 10.6 Å². The van der Waals surface area contributed by atoms with Gasteiger partial charge in [-0.1, -0.05) is 30.3 Å². The van der Waals surface area contributed by atoms with Gasteiger partial charge in [-0.3, -0.25) is 14.4 Å². The highest BCUT2D eigenvalue weighted by atomic mass is 16.6. The maximum Gasteiger partial charge on any atom is 0.407 e. The molecule has 0 radical (unpaired) electrons. The van der Waals surface area contributed by atoms with Crippen LogP contribution in [0.25, 0.3) is 0 Å². The summed E-state index contributed by atoms with van der Waals surface area (Å²) >= 11 is 0. The minimum Gasteiger partial charge on any atom is -0.488 e. The summed E-state index contributed by atoms with van der Waals surface area (Å²) in [5, 5.41) is 10.4. The lowest BCUT2D eigenvalue weighted by molar-refractivity contribution is -0.126. The molecule has 1 aliphatic rings. The molecule has 2 N–H and O–H groups in total. The van der Waals surface area contributed by atoms with Crippen LogP contribution in [-0.2, 0) is 37.8 Å². The zero-order chi connectivity index (χ0) is 34.8. The topological polar surface area (TPSA) is 147 Å². The van der Waals surface area contributed by atoms with Gasteiger partial charge in [-0.25, -0.2) is 9.48 Å². The SMILES string of the molecule is COCc1cc(OCC(=O)CC(=O)Nc2cc([C@H]3CC[C@@H](OC(=O)NC(C)C)C3)nn2C(C)(C)C)c(C=O)c(OCc2ccccc2)c1. The van der Waals surface area contributed by atoms with Crippen molar-refractivity contribution in [2.45, 2.75) is 97.1 Å². The largest absolute Gasteiger partial charge is 0.488 e. The zero-order valence-corrected chi connectivity index (χ0v) is 28.5. The second-order valence-corrected chi connectivity index (χ2v) is 13.3. The normalized spacial score (nSPS) is 16.0. The fourth-order valence-electron chi connectivity index (χ4n) is 5.51. The highest BCUT2D eigenvalue weighted by Gasteiger charge is 2.32. The first-order valence-electron chi connectivity index (χ1n) is 16.2. The Labute approximate surface area is 281 Å². The summed E-state index contributed by atoms with van der Waals surface area (Å²) < 4.78 is 24.3. The van der Waals surface area contributed by atoms with Crippen LogP contribution in [-0.4, -0.2) is 59.7 Å². The maximum atomic E-state index is 13.1. The molecule has 2 atom stereocenters. The van der Waals surface area contributed by atoms with Crippen molar-refractivity contribution in [2.24, 2.45) is 0 Å². The fraction of sp³-hybridized carbons (Fsp3) is 0.472. The van der Waals surface area contributed by atoms with Crippen LogP contribution in [0.5, 0.6) is 11.5 Å². The molecular weight excluding hydrogens is 616 g/mol. The van der Waals surface area contributed by atoms with E-state index in [9.17, 15) is 19.2 Å². The van der Waals surface area contributed by atoms with Crippen molar-refractivity contribution in [1.82, 2.24) is 15.1 Å². The van der Waals surface area contributed by atoms with Crippen molar-refractivity contribution in [3.05, 3.63) is 70.9 Å². The second kappa shape index (κ2) is 16.4. The standard InChI is InChI=1S/C36H46N4O8/c1-23(2)37-35(44)48-28-13-12-26(16-28)30-18-33(40(39-30)36(3,4)5)38-34(43)17-27(42)22-47-32-15-25(20-45-6)14-31(29(32)19-41)46-21-24-10-8-7-9-11-24/h7-11,14-15,18-19,23,26,28H,12-13,16-17,20-22H2,1-6H3,(H,37,44)(H,38,43)/t26-,28+/m0/s1. The van der Waals surface area contributed by atoms with Gasteiger partial charge in [0.1, 0.15) is 36.6 Å². The number of hydrogen-bond acceptors (Lipinski definition) is 9. The molecule has 258 valence electrons. The van der Waals surface area contributed by atoms with Crippen molar-refractivity contribution >= 4 is 29.9 Å². The highest BCUT2D eigenvalue weighted by molar-refractivity contribution is 6.04. The Morgan fingerprint density at radius 1 is 1.00 bits per heavy atom. The monoisotopic (exact) mass is 662 g/mol. The number of nitrogens with zero attached hydrogens (tertiary/aromatic N) is 2. The smallest absolute Gasteiger partial charge is 0.407 e. The van der Waals surface area contributed by atoms with Gasteiger partial charge < -0.3 is 29.6 Å². The van der Waals surface area contributed by atoms with Crippen LogP contribution >= 0.6 is 0 Å². The van der Waals surface area contributed by atoms with E-state index in [4.69, 9.17) is 24.0 Å². The number of hydrogen-bond donors (Lipinski definition) is 2. The van der Waals surface area contributed by atoms with Crippen LogP contribution in [0.1, 0.15) is 93.4 Å². The number of aromatic nitrogens is 2. The van der Waals surface area contributed by atoms with Crippen LogP contribution in [0, 0.1) is 0 Å². The minimum atomic E-state index is -0.519. The predicted molar refractivity (Wildman–Crippen MR) is 179 cm³/mol. The number of aldehydes is 1. The quantitative estimate of drug-likeness (QED) is 0.149. The Bertz CT molecular complexity index is 1580. The van der Waals surface area contributed by atoms with Crippen LogP contribution in [0.2, 0.25) is 0 Å². The summed E-state index contributed by atoms with van der Waals surface area (Å²) in [6.07, 6.45) is 1.66. The highest BCUT2D eigenvalue weighted by Crippen LogP contribution is 2.37. The van der Waals surface area contributed by atoms with E-state index in [0.29, 0.717) is 29.8 Å². The van der Waals surface area contributed by atoms with E-state index in [1.807, 2.05) is 71.0 Å². The third-order valence-corrected chi connectivity index (χ3v) is 7.69. The van der Waals surface area contributed by atoms with Gasteiger partial charge in [-0.05, 0) is 77.1 Å². The molecule has 12 heteroatoms. The van der Waals surface area contributed by atoms with E-state index in [1.165, 1.54) is 0 Å². The number of Topliss-reactive ketones (excluding diaryl/α,β-unsaturated/α-hetero) is 1. The lowest BCUT2D eigenvalue weighted by atomic mass is 10.0. The average molecular weight is 663 g/mol. The minimum absolute atomic E-state index is 0.0136. The Kier molecular flexibility index (Phi) is 12.4. The first kappa shape index (κ1) is 36.1. The first-order chi connectivity index (χ1) is 22.9. The number of amides is 2. The Morgan fingerprint density at radius 3 is 2.35 bits per heavy atom. The number of methoxy groups -OCH3 is 1. The molecule has 12 nitrogen and oxygen atoms in total. The number of nitrogens with one attached hydrogen (secondary N) is 2. The fourth-order valence-corrected chi connectivity index (χ4v) is 5.51. The lowest BCUT2D eigenvalue weighted by Crippen LogP contribution is -2.33.